The number of nitrogens with zero attached hydrogens (tertiary/aromatic N) is 3. The molecule has 1 N–H and O–H groups in total. The highest BCUT2D eigenvalue weighted by Gasteiger charge is 2.18. The second kappa shape index (κ2) is 6.22. The summed E-state index contributed by atoms with van der Waals surface area (Å²) >= 11 is 0. The molecule has 0 saturated carbocycles. The Labute approximate surface area is 116 Å². The maximum absolute atomic E-state index is 4.60. The Bertz CT molecular complexity index is 419. The van der Waals surface area contributed by atoms with Gasteiger partial charge in [-0.05, 0) is 39.0 Å². The molecular formula is C15H26N4. The van der Waals surface area contributed by atoms with Gasteiger partial charge in [0.1, 0.15) is 17.5 Å². The molecular weight excluding hydrogens is 236 g/mol. The fourth-order valence-corrected chi connectivity index (χ4v) is 2.54. The summed E-state index contributed by atoms with van der Waals surface area (Å²) in [6, 6.07) is 2.54. The molecule has 0 amide bonds. The van der Waals surface area contributed by atoms with E-state index in [1.54, 1.807) is 0 Å². The first-order valence-corrected chi connectivity index (χ1v) is 7.45. The van der Waals surface area contributed by atoms with E-state index >= 15 is 0 Å². The molecule has 1 saturated heterocycles. The zero-order valence-electron chi connectivity index (χ0n) is 12.6. The summed E-state index contributed by atoms with van der Waals surface area (Å²) in [4.78, 5) is 11.5. The summed E-state index contributed by atoms with van der Waals surface area (Å²) in [6.45, 7) is 10.9. The largest absolute Gasteiger partial charge is 0.367 e. The van der Waals surface area contributed by atoms with E-state index in [2.05, 4.69) is 47.0 Å². The third kappa shape index (κ3) is 3.82. The van der Waals surface area contributed by atoms with Crippen molar-refractivity contribution in [2.45, 2.75) is 53.0 Å². The van der Waals surface area contributed by atoms with Crippen LogP contribution in [0.4, 0.5) is 11.6 Å². The Morgan fingerprint density at radius 2 is 2.26 bits per heavy atom. The van der Waals surface area contributed by atoms with Crippen molar-refractivity contribution >= 4 is 11.6 Å². The fourth-order valence-electron chi connectivity index (χ4n) is 2.54. The summed E-state index contributed by atoms with van der Waals surface area (Å²) in [7, 11) is 0. The van der Waals surface area contributed by atoms with E-state index < -0.39 is 0 Å². The third-order valence-electron chi connectivity index (χ3n) is 3.81. The number of hydrogen-bond donors (Lipinski definition) is 1. The first-order chi connectivity index (χ1) is 9.08. The molecule has 4 nitrogen and oxygen atoms in total. The maximum atomic E-state index is 4.60. The molecule has 2 heterocycles. The average molecular weight is 262 g/mol. The molecule has 1 aromatic rings. The predicted molar refractivity (Wildman–Crippen MR) is 80.8 cm³/mol. The lowest BCUT2D eigenvalue weighted by atomic mass is 10.0. The standard InChI is InChI=1S/C15H26N4/c1-5-12(3)16-14-9-15(18-13(4)17-14)19-8-6-7-11(2)10-19/h9,11-12H,5-8,10H2,1-4H3,(H,16,17,18). The van der Waals surface area contributed by atoms with Crippen molar-refractivity contribution in [3.05, 3.63) is 11.9 Å². The van der Waals surface area contributed by atoms with Crippen LogP contribution in [0.5, 0.6) is 0 Å². The molecule has 0 aliphatic carbocycles. The Balaban J connectivity index is 2.16. The van der Waals surface area contributed by atoms with E-state index in [0.29, 0.717) is 6.04 Å². The van der Waals surface area contributed by atoms with Crippen molar-refractivity contribution in [2.24, 2.45) is 5.92 Å². The monoisotopic (exact) mass is 262 g/mol. The smallest absolute Gasteiger partial charge is 0.134 e. The van der Waals surface area contributed by atoms with Gasteiger partial charge in [0.15, 0.2) is 0 Å². The summed E-state index contributed by atoms with van der Waals surface area (Å²) in [5.41, 5.74) is 0. The number of rotatable bonds is 4. The predicted octanol–water partition coefficient (Wildman–Crippen LogP) is 3.23. The molecule has 2 unspecified atom stereocenters. The highest BCUT2D eigenvalue weighted by atomic mass is 15.2. The van der Waals surface area contributed by atoms with Crippen molar-refractivity contribution in [3.63, 3.8) is 0 Å². The normalized spacial score (nSPS) is 21.3. The van der Waals surface area contributed by atoms with Crippen LogP contribution in [-0.2, 0) is 0 Å². The van der Waals surface area contributed by atoms with Crippen molar-refractivity contribution in [3.8, 4) is 0 Å². The van der Waals surface area contributed by atoms with Crippen molar-refractivity contribution < 1.29 is 0 Å². The van der Waals surface area contributed by atoms with Gasteiger partial charge in [0.2, 0.25) is 0 Å². The fraction of sp³-hybridized carbons (Fsp3) is 0.733. The zero-order valence-corrected chi connectivity index (χ0v) is 12.6. The van der Waals surface area contributed by atoms with Crippen molar-refractivity contribution in [2.75, 3.05) is 23.3 Å². The number of aromatic nitrogens is 2. The lowest BCUT2D eigenvalue weighted by Crippen LogP contribution is -2.35. The molecule has 0 radical (unpaired) electrons. The van der Waals surface area contributed by atoms with Crippen LogP contribution in [0.3, 0.4) is 0 Å². The SMILES string of the molecule is CCC(C)Nc1cc(N2CCCC(C)C2)nc(C)n1. The Morgan fingerprint density at radius 3 is 2.95 bits per heavy atom. The summed E-state index contributed by atoms with van der Waals surface area (Å²) < 4.78 is 0. The van der Waals surface area contributed by atoms with E-state index in [-0.39, 0.29) is 0 Å². The molecule has 2 atom stereocenters. The average Bonchev–Trinajstić information content (AvgIpc) is 2.38. The zero-order chi connectivity index (χ0) is 13.8. The Kier molecular flexibility index (Phi) is 4.61. The van der Waals surface area contributed by atoms with E-state index in [4.69, 9.17) is 0 Å². The number of anilines is 2. The van der Waals surface area contributed by atoms with Gasteiger partial charge in [-0.3, -0.25) is 0 Å². The number of piperidine rings is 1. The van der Waals surface area contributed by atoms with Crippen LogP contribution >= 0.6 is 0 Å². The molecule has 1 aliphatic heterocycles. The van der Waals surface area contributed by atoms with E-state index in [9.17, 15) is 0 Å². The van der Waals surface area contributed by atoms with Crippen LogP contribution in [0.25, 0.3) is 0 Å². The van der Waals surface area contributed by atoms with Crippen LogP contribution in [-0.4, -0.2) is 29.1 Å². The summed E-state index contributed by atoms with van der Waals surface area (Å²) in [5.74, 6) is 3.64. The van der Waals surface area contributed by atoms with Gasteiger partial charge < -0.3 is 10.2 Å². The van der Waals surface area contributed by atoms with Gasteiger partial charge in [-0.2, -0.15) is 0 Å². The number of hydrogen-bond acceptors (Lipinski definition) is 4. The molecule has 4 heteroatoms. The first kappa shape index (κ1) is 14.1. The highest BCUT2D eigenvalue weighted by Crippen LogP contribution is 2.23. The van der Waals surface area contributed by atoms with Crippen LogP contribution < -0.4 is 10.2 Å². The summed E-state index contributed by atoms with van der Waals surface area (Å²) in [6.07, 6.45) is 3.69. The second-order valence-corrected chi connectivity index (χ2v) is 5.81. The molecule has 1 fully saturated rings. The minimum Gasteiger partial charge on any atom is -0.367 e. The Hall–Kier alpha value is -1.32. The van der Waals surface area contributed by atoms with Gasteiger partial charge in [-0.1, -0.05) is 13.8 Å². The minimum absolute atomic E-state index is 0.447. The maximum Gasteiger partial charge on any atom is 0.134 e. The second-order valence-electron chi connectivity index (χ2n) is 5.81. The number of nitrogens with one attached hydrogen (secondary N) is 1. The first-order valence-electron chi connectivity index (χ1n) is 7.45. The minimum atomic E-state index is 0.447. The van der Waals surface area contributed by atoms with Crippen LogP contribution in [0.2, 0.25) is 0 Å². The van der Waals surface area contributed by atoms with Crippen molar-refractivity contribution in [1.82, 2.24) is 9.97 Å². The molecule has 0 aromatic carbocycles. The van der Waals surface area contributed by atoms with Gasteiger partial charge in [-0.25, -0.2) is 9.97 Å². The molecule has 0 bridgehead atoms. The lowest BCUT2D eigenvalue weighted by molar-refractivity contribution is 0.444. The van der Waals surface area contributed by atoms with Crippen molar-refractivity contribution in [1.29, 1.82) is 0 Å². The molecule has 2 rings (SSSR count). The molecule has 106 valence electrons. The quantitative estimate of drug-likeness (QED) is 0.904. The molecule has 0 spiro atoms. The van der Waals surface area contributed by atoms with Crippen LogP contribution in [0, 0.1) is 12.8 Å². The molecule has 19 heavy (non-hydrogen) atoms. The van der Waals surface area contributed by atoms with Gasteiger partial charge in [0.25, 0.3) is 0 Å². The van der Waals surface area contributed by atoms with Gasteiger partial charge in [-0.15, -0.1) is 0 Å². The van der Waals surface area contributed by atoms with Crippen LogP contribution in [0.15, 0.2) is 6.07 Å². The van der Waals surface area contributed by atoms with Gasteiger partial charge in [0, 0.05) is 25.2 Å². The highest BCUT2D eigenvalue weighted by molar-refractivity contribution is 5.50. The lowest BCUT2D eigenvalue weighted by Gasteiger charge is -2.32. The molecule has 1 aliphatic rings. The van der Waals surface area contributed by atoms with Crippen LogP contribution in [0.1, 0.15) is 45.9 Å². The van der Waals surface area contributed by atoms with E-state index in [0.717, 1.165) is 42.9 Å². The number of aryl methyl sites for hydroxylation is 1. The molecule has 1 aromatic heterocycles. The van der Waals surface area contributed by atoms with Gasteiger partial charge in [0.05, 0.1) is 0 Å². The third-order valence-corrected chi connectivity index (χ3v) is 3.81. The summed E-state index contributed by atoms with van der Waals surface area (Å²) in [5, 5.41) is 3.45. The van der Waals surface area contributed by atoms with E-state index in [1.165, 1.54) is 12.8 Å². The topological polar surface area (TPSA) is 41.0 Å². The van der Waals surface area contributed by atoms with Gasteiger partial charge >= 0.3 is 0 Å². The Morgan fingerprint density at radius 1 is 1.47 bits per heavy atom. The van der Waals surface area contributed by atoms with E-state index in [1.807, 2.05) is 6.92 Å².